The molecule has 0 radical (unpaired) electrons. The van der Waals surface area contributed by atoms with E-state index in [0.29, 0.717) is 30.3 Å². The first-order valence-corrected chi connectivity index (χ1v) is 7.58. The average molecular weight is 395 g/mol. The average Bonchev–Trinajstić information content (AvgIpc) is 2.41. The zero-order valence-corrected chi connectivity index (χ0v) is 13.6. The number of halogens is 2. The molecule has 0 aliphatic carbocycles. The first-order valence-electron chi connectivity index (χ1n) is 6.12. The Morgan fingerprint density at radius 2 is 2.42 bits per heavy atom. The number of rotatable bonds is 3. The SMILES string of the molecule is CNCC1CN(C(=O)c2cc(Cl)ccc2I)CCO1. The fourth-order valence-electron chi connectivity index (χ4n) is 2.09. The van der Waals surface area contributed by atoms with E-state index in [4.69, 9.17) is 16.3 Å². The second kappa shape index (κ2) is 6.88. The molecule has 4 nitrogen and oxygen atoms in total. The van der Waals surface area contributed by atoms with Crippen molar-refractivity contribution in [1.29, 1.82) is 0 Å². The number of carbonyl (C=O) groups excluding carboxylic acids is 1. The van der Waals surface area contributed by atoms with Crippen LogP contribution in [-0.2, 0) is 4.74 Å². The van der Waals surface area contributed by atoms with E-state index in [1.54, 1.807) is 12.1 Å². The van der Waals surface area contributed by atoms with Crippen LogP contribution in [0, 0.1) is 3.57 Å². The minimum absolute atomic E-state index is 0.0244. The van der Waals surface area contributed by atoms with Crippen molar-refractivity contribution in [1.82, 2.24) is 10.2 Å². The number of ether oxygens (including phenoxy) is 1. The highest BCUT2D eigenvalue weighted by atomic mass is 127. The van der Waals surface area contributed by atoms with Gasteiger partial charge in [-0.1, -0.05) is 11.6 Å². The van der Waals surface area contributed by atoms with Gasteiger partial charge in [0.05, 0.1) is 18.3 Å². The Kier molecular flexibility index (Phi) is 5.44. The summed E-state index contributed by atoms with van der Waals surface area (Å²) in [4.78, 5) is 14.3. The smallest absolute Gasteiger partial charge is 0.255 e. The molecule has 1 saturated heterocycles. The van der Waals surface area contributed by atoms with Crippen molar-refractivity contribution in [2.75, 3.05) is 33.3 Å². The molecule has 0 aromatic heterocycles. The van der Waals surface area contributed by atoms with Crippen LogP contribution in [0.1, 0.15) is 10.4 Å². The van der Waals surface area contributed by atoms with E-state index in [0.717, 1.165) is 10.1 Å². The van der Waals surface area contributed by atoms with Gasteiger partial charge < -0.3 is 15.0 Å². The highest BCUT2D eigenvalue weighted by Gasteiger charge is 2.25. The van der Waals surface area contributed by atoms with E-state index >= 15 is 0 Å². The molecule has 6 heteroatoms. The molecule has 1 amide bonds. The fraction of sp³-hybridized carbons (Fsp3) is 0.462. The summed E-state index contributed by atoms with van der Waals surface area (Å²) in [6.45, 7) is 2.57. The molecule has 2 rings (SSSR count). The molecule has 0 spiro atoms. The van der Waals surface area contributed by atoms with Crippen molar-refractivity contribution >= 4 is 40.1 Å². The number of hydrogen-bond acceptors (Lipinski definition) is 3. The van der Waals surface area contributed by atoms with Crippen LogP contribution in [0.25, 0.3) is 0 Å². The van der Waals surface area contributed by atoms with Crippen LogP contribution in [-0.4, -0.2) is 50.2 Å². The molecule has 0 saturated carbocycles. The van der Waals surface area contributed by atoms with Gasteiger partial charge in [-0.05, 0) is 47.8 Å². The summed E-state index contributed by atoms with van der Waals surface area (Å²) in [5.41, 5.74) is 0.665. The van der Waals surface area contributed by atoms with Crippen LogP contribution in [0.15, 0.2) is 18.2 Å². The first-order chi connectivity index (χ1) is 9.11. The molecule has 1 aromatic rings. The normalized spacial score (nSPS) is 19.5. The van der Waals surface area contributed by atoms with Crippen molar-refractivity contribution in [2.24, 2.45) is 0 Å². The molecule has 1 fully saturated rings. The van der Waals surface area contributed by atoms with Gasteiger partial charge in [-0.3, -0.25) is 4.79 Å². The topological polar surface area (TPSA) is 41.6 Å². The highest BCUT2D eigenvalue weighted by molar-refractivity contribution is 14.1. The maximum absolute atomic E-state index is 12.5. The van der Waals surface area contributed by atoms with E-state index in [1.165, 1.54) is 0 Å². The summed E-state index contributed by atoms with van der Waals surface area (Å²) in [6.07, 6.45) is 0.0551. The van der Waals surface area contributed by atoms with E-state index in [1.807, 2.05) is 18.0 Å². The van der Waals surface area contributed by atoms with Gasteiger partial charge in [-0.25, -0.2) is 0 Å². The number of nitrogens with one attached hydrogen (secondary N) is 1. The maximum atomic E-state index is 12.5. The monoisotopic (exact) mass is 394 g/mol. The Morgan fingerprint density at radius 1 is 1.63 bits per heavy atom. The van der Waals surface area contributed by atoms with Crippen LogP contribution in [0.2, 0.25) is 5.02 Å². The van der Waals surface area contributed by atoms with E-state index in [-0.39, 0.29) is 12.0 Å². The first kappa shape index (κ1) is 15.0. The molecule has 1 aliphatic rings. The van der Waals surface area contributed by atoms with Crippen LogP contribution in [0.4, 0.5) is 0 Å². The van der Waals surface area contributed by atoms with Crippen molar-refractivity contribution in [3.8, 4) is 0 Å². The zero-order valence-electron chi connectivity index (χ0n) is 10.7. The number of amides is 1. The Bertz CT molecular complexity index is 468. The third-order valence-corrected chi connectivity index (χ3v) is 4.19. The second-order valence-corrected chi connectivity index (χ2v) is 6.02. The van der Waals surface area contributed by atoms with E-state index in [2.05, 4.69) is 27.9 Å². The number of benzene rings is 1. The van der Waals surface area contributed by atoms with Gasteiger partial charge >= 0.3 is 0 Å². The summed E-state index contributed by atoms with van der Waals surface area (Å²) in [5.74, 6) is 0.0244. The number of hydrogen-bond donors (Lipinski definition) is 1. The van der Waals surface area contributed by atoms with Gasteiger partial charge in [-0.2, -0.15) is 0 Å². The second-order valence-electron chi connectivity index (χ2n) is 4.43. The highest BCUT2D eigenvalue weighted by Crippen LogP contribution is 2.20. The number of carbonyl (C=O) groups is 1. The minimum Gasteiger partial charge on any atom is -0.373 e. The Morgan fingerprint density at radius 3 is 3.16 bits per heavy atom. The van der Waals surface area contributed by atoms with Gasteiger partial charge in [0.1, 0.15) is 0 Å². The Labute approximate surface area is 131 Å². The van der Waals surface area contributed by atoms with Gasteiger partial charge in [0, 0.05) is 28.2 Å². The molecule has 1 aromatic carbocycles. The van der Waals surface area contributed by atoms with Gasteiger partial charge in [0.25, 0.3) is 5.91 Å². The summed E-state index contributed by atoms with van der Waals surface area (Å²) >= 11 is 8.13. The van der Waals surface area contributed by atoms with Crippen molar-refractivity contribution in [3.05, 3.63) is 32.4 Å². The predicted octanol–water partition coefficient (Wildman–Crippen LogP) is 2.00. The molecule has 1 N–H and O–H groups in total. The lowest BCUT2D eigenvalue weighted by molar-refractivity contribution is -0.0196. The van der Waals surface area contributed by atoms with Gasteiger partial charge in [-0.15, -0.1) is 0 Å². The Balaban J connectivity index is 2.12. The van der Waals surface area contributed by atoms with Crippen LogP contribution >= 0.6 is 34.2 Å². The largest absolute Gasteiger partial charge is 0.373 e. The molecule has 104 valence electrons. The van der Waals surface area contributed by atoms with Crippen LogP contribution in [0.3, 0.4) is 0 Å². The van der Waals surface area contributed by atoms with E-state index < -0.39 is 0 Å². The molecule has 1 heterocycles. The molecular weight excluding hydrogens is 379 g/mol. The summed E-state index contributed by atoms with van der Waals surface area (Å²) in [5, 5.41) is 3.66. The summed E-state index contributed by atoms with van der Waals surface area (Å²) in [7, 11) is 1.88. The number of nitrogens with zero attached hydrogens (tertiary/aromatic N) is 1. The third-order valence-electron chi connectivity index (χ3n) is 3.02. The number of morpholine rings is 1. The van der Waals surface area contributed by atoms with E-state index in [9.17, 15) is 4.79 Å². The third kappa shape index (κ3) is 3.81. The molecule has 1 unspecified atom stereocenters. The lowest BCUT2D eigenvalue weighted by atomic mass is 10.1. The maximum Gasteiger partial charge on any atom is 0.255 e. The molecule has 0 bridgehead atoms. The van der Waals surface area contributed by atoms with Crippen LogP contribution < -0.4 is 5.32 Å². The summed E-state index contributed by atoms with van der Waals surface area (Å²) < 4.78 is 6.52. The van der Waals surface area contributed by atoms with Crippen molar-refractivity contribution in [3.63, 3.8) is 0 Å². The molecule has 1 atom stereocenters. The zero-order chi connectivity index (χ0) is 13.8. The molecule has 19 heavy (non-hydrogen) atoms. The number of likely N-dealkylation sites (N-methyl/N-ethyl adjacent to an activating group) is 1. The lowest BCUT2D eigenvalue weighted by Gasteiger charge is -2.33. The quantitative estimate of drug-likeness (QED) is 0.798. The minimum atomic E-state index is 0.0244. The van der Waals surface area contributed by atoms with Gasteiger partial charge in [0.2, 0.25) is 0 Å². The molecule has 1 aliphatic heterocycles. The van der Waals surface area contributed by atoms with Gasteiger partial charge in [0.15, 0.2) is 0 Å². The molecular formula is C13H16ClIN2O2. The van der Waals surface area contributed by atoms with Crippen molar-refractivity contribution in [2.45, 2.75) is 6.10 Å². The van der Waals surface area contributed by atoms with Crippen LogP contribution in [0.5, 0.6) is 0 Å². The lowest BCUT2D eigenvalue weighted by Crippen LogP contribution is -2.48. The Hall–Kier alpha value is -0.370. The van der Waals surface area contributed by atoms with Crippen molar-refractivity contribution < 1.29 is 9.53 Å². The standard InChI is InChI=1S/C13H16ClIN2O2/c1-16-7-10-8-17(4-5-19-10)13(18)11-6-9(14)2-3-12(11)15/h2-3,6,10,16H,4-5,7-8H2,1H3. The predicted molar refractivity (Wildman–Crippen MR) is 83.7 cm³/mol. The fourth-order valence-corrected chi connectivity index (χ4v) is 2.83. The summed E-state index contributed by atoms with van der Waals surface area (Å²) in [6, 6.07) is 5.39.